The van der Waals surface area contributed by atoms with Crippen LogP contribution in [0.15, 0.2) is 61.3 Å². The number of rotatable bonds is 6. The van der Waals surface area contributed by atoms with Crippen molar-refractivity contribution in [3.05, 3.63) is 89.5 Å². The lowest BCUT2D eigenvalue weighted by Crippen LogP contribution is -2.41. The number of aryl methyl sites for hydroxylation is 1. The third-order valence-corrected chi connectivity index (χ3v) is 7.44. The van der Waals surface area contributed by atoms with Crippen molar-refractivity contribution >= 4 is 54.0 Å². The molecular formula is C25H23BrFN5O5S. The van der Waals surface area contributed by atoms with Crippen LogP contribution in [-0.2, 0) is 17.1 Å². The minimum atomic E-state index is -3.61. The van der Waals surface area contributed by atoms with Crippen molar-refractivity contribution in [2.24, 2.45) is 7.05 Å². The van der Waals surface area contributed by atoms with Crippen molar-refractivity contribution in [2.75, 3.05) is 16.3 Å². The van der Waals surface area contributed by atoms with Gasteiger partial charge in [-0.2, -0.15) is 0 Å². The Kier molecular flexibility index (Phi) is 6.30. The van der Waals surface area contributed by atoms with Gasteiger partial charge in [-0.25, -0.2) is 22.2 Å². The molecule has 0 saturated heterocycles. The van der Waals surface area contributed by atoms with Crippen LogP contribution in [0.3, 0.4) is 0 Å². The monoisotopic (exact) mass is 603 g/mol. The molecule has 0 radical (unpaired) electrons. The van der Waals surface area contributed by atoms with Crippen LogP contribution < -0.4 is 26.8 Å². The number of nitrogens with zero attached hydrogens (tertiary/aromatic N) is 3. The highest BCUT2D eigenvalue weighted by atomic mass is 79.9. The molecule has 1 aliphatic carbocycles. The number of nitrogens with one attached hydrogen (secondary N) is 2. The van der Waals surface area contributed by atoms with Gasteiger partial charge in [0.1, 0.15) is 16.9 Å². The summed E-state index contributed by atoms with van der Waals surface area (Å²) in [7, 11) is -2.17. The Labute approximate surface area is 224 Å². The van der Waals surface area contributed by atoms with E-state index >= 15 is 0 Å². The number of anilines is 3. The summed E-state index contributed by atoms with van der Waals surface area (Å²) in [6.07, 6.45) is 2.26. The summed E-state index contributed by atoms with van der Waals surface area (Å²) in [5.41, 5.74) is -1.05. The molecule has 38 heavy (non-hydrogen) atoms. The molecule has 1 fully saturated rings. The molecule has 4 aromatic rings. The predicted octanol–water partition coefficient (Wildman–Crippen LogP) is 3.51. The van der Waals surface area contributed by atoms with Crippen LogP contribution in [0.2, 0.25) is 0 Å². The van der Waals surface area contributed by atoms with Gasteiger partial charge in [-0.15, -0.1) is 0 Å². The van der Waals surface area contributed by atoms with Crippen molar-refractivity contribution in [3.8, 4) is 5.69 Å². The second kappa shape index (κ2) is 9.24. The fraction of sp³-hybridized carbons (Fsp3) is 0.240. The van der Waals surface area contributed by atoms with Gasteiger partial charge in [0.15, 0.2) is 0 Å². The molecule has 0 aliphatic heterocycles. The molecule has 0 bridgehead atoms. The zero-order valence-corrected chi connectivity index (χ0v) is 23.0. The highest BCUT2D eigenvalue weighted by molar-refractivity contribution is 9.10. The number of sulfonamides is 1. The van der Waals surface area contributed by atoms with Crippen LogP contribution in [0.4, 0.5) is 21.5 Å². The summed E-state index contributed by atoms with van der Waals surface area (Å²) in [6.45, 7) is 1.52. The van der Waals surface area contributed by atoms with Crippen LogP contribution in [0.1, 0.15) is 24.4 Å². The van der Waals surface area contributed by atoms with Crippen LogP contribution >= 0.6 is 15.9 Å². The molecular weight excluding hydrogens is 581 g/mol. The maximum Gasteiger partial charge on any atom is 0.337 e. The first kappa shape index (κ1) is 25.9. The lowest BCUT2D eigenvalue weighted by Gasteiger charge is -2.21. The molecule has 2 N–H and O–H groups in total. The first-order chi connectivity index (χ1) is 17.9. The predicted molar refractivity (Wildman–Crippen MR) is 148 cm³/mol. The molecule has 0 spiro atoms. The van der Waals surface area contributed by atoms with E-state index in [-0.39, 0.29) is 45.4 Å². The summed E-state index contributed by atoms with van der Waals surface area (Å²) < 4.78 is 44.9. The number of benzene rings is 2. The Morgan fingerprint density at radius 3 is 2.39 bits per heavy atom. The number of pyridine rings is 1. The highest BCUT2D eigenvalue weighted by Gasteiger charge is 2.31. The van der Waals surface area contributed by atoms with Crippen molar-refractivity contribution in [1.29, 1.82) is 0 Å². The Morgan fingerprint density at radius 2 is 1.76 bits per heavy atom. The standard InChI is InChI=1S/C25H23BrFN5O5S/c1-13-21(28-19-10-7-14(26)11-18(19)27)20-22(30(2)23(13)33)31(25(35)32(24(20)34)16-8-9-16)17-6-4-5-15(12-17)29-38(3,36)37/h4-7,10-12,16,28-29H,8-9H2,1-3H3. The van der Waals surface area contributed by atoms with E-state index in [0.29, 0.717) is 17.3 Å². The van der Waals surface area contributed by atoms with Gasteiger partial charge in [0, 0.05) is 23.1 Å². The average Bonchev–Trinajstić information content (AvgIpc) is 3.66. The first-order valence-electron chi connectivity index (χ1n) is 11.6. The van der Waals surface area contributed by atoms with Gasteiger partial charge in [-0.3, -0.25) is 23.4 Å². The van der Waals surface area contributed by atoms with Crippen molar-refractivity contribution < 1.29 is 12.8 Å². The van der Waals surface area contributed by atoms with E-state index in [1.165, 1.54) is 47.4 Å². The molecule has 2 heterocycles. The van der Waals surface area contributed by atoms with Gasteiger partial charge < -0.3 is 5.32 Å². The molecule has 2 aromatic carbocycles. The summed E-state index contributed by atoms with van der Waals surface area (Å²) in [6, 6.07) is 10.1. The fourth-order valence-electron chi connectivity index (χ4n) is 4.48. The molecule has 13 heteroatoms. The summed E-state index contributed by atoms with van der Waals surface area (Å²) >= 11 is 3.21. The molecule has 0 atom stereocenters. The van der Waals surface area contributed by atoms with Crippen molar-refractivity contribution in [2.45, 2.75) is 25.8 Å². The topological polar surface area (TPSA) is 124 Å². The first-order valence-corrected chi connectivity index (χ1v) is 14.3. The maximum absolute atomic E-state index is 14.8. The normalized spacial score (nSPS) is 13.6. The third-order valence-electron chi connectivity index (χ3n) is 6.34. The minimum absolute atomic E-state index is 0.0102. The van der Waals surface area contributed by atoms with E-state index in [0.717, 1.165) is 10.8 Å². The van der Waals surface area contributed by atoms with Crippen LogP contribution in [0.5, 0.6) is 0 Å². The number of halogens is 2. The van der Waals surface area contributed by atoms with Crippen LogP contribution in [-0.4, -0.2) is 28.4 Å². The van der Waals surface area contributed by atoms with E-state index in [2.05, 4.69) is 26.0 Å². The molecule has 5 rings (SSSR count). The molecule has 198 valence electrons. The number of aromatic nitrogens is 3. The van der Waals surface area contributed by atoms with E-state index in [1.807, 2.05) is 0 Å². The Hall–Kier alpha value is -3.71. The quantitative estimate of drug-likeness (QED) is 0.347. The van der Waals surface area contributed by atoms with E-state index in [1.54, 1.807) is 18.2 Å². The molecule has 0 amide bonds. The van der Waals surface area contributed by atoms with Gasteiger partial charge in [-0.05, 0) is 56.2 Å². The van der Waals surface area contributed by atoms with Crippen molar-refractivity contribution in [3.63, 3.8) is 0 Å². The summed E-state index contributed by atoms with van der Waals surface area (Å²) in [4.78, 5) is 40.9. The van der Waals surface area contributed by atoms with Crippen LogP contribution in [0, 0.1) is 12.7 Å². The van der Waals surface area contributed by atoms with Gasteiger partial charge >= 0.3 is 5.69 Å². The van der Waals surface area contributed by atoms with E-state index in [4.69, 9.17) is 0 Å². The number of fused-ring (bicyclic) bond motifs is 1. The maximum atomic E-state index is 14.8. The zero-order valence-electron chi connectivity index (χ0n) is 20.6. The highest BCUT2D eigenvalue weighted by Crippen LogP contribution is 2.34. The van der Waals surface area contributed by atoms with E-state index in [9.17, 15) is 27.2 Å². The Bertz CT molecular complexity index is 1930. The van der Waals surface area contributed by atoms with Gasteiger partial charge in [0.05, 0.1) is 29.0 Å². The van der Waals surface area contributed by atoms with E-state index < -0.39 is 32.6 Å². The average molecular weight is 604 g/mol. The smallest absolute Gasteiger partial charge is 0.337 e. The SMILES string of the molecule is Cc1c(Nc2ccc(Br)cc2F)c2c(=O)n(C3CC3)c(=O)n(-c3cccc(NS(C)(=O)=O)c3)c2n(C)c1=O. The molecule has 0 unspecified atom stereocenters. The lowest BCUT2D eigenvalue weighted by molar-refractivity contribution is 0.607. The molecule has 10 nitrogen and oxygen atoms in total. The summed E-state index contributed by atoms with van der Waals surface area (Å²) in [5, 5.41) is 2.94. The fourth-order valence-corrected chi connectivity index (χ4v) is 5.37. The van der Waals surface area contributed by atoms with Crippen LogP contribution in [0.25, 0.3) is 16.7 Å². The molecule has 1 saturated carbocycles. The third kappa shape index (κ3) is 4.56. The molecule has 2 aromatic heterocycles. The second-order valence-electron chi connectivity index (χ2n) is 9.26. The largest absolute Gasteiger partial charge is 0.352 e. The zero-order chi connectivity index (χ0) is 27.5. The minimum Gasteiger partial charge on any atom is -0.352 e. The second-order valence-corrected chi connectivity index (χ2v) is 11.9. The Morgan fingerprint density at radius 1 is 1.05 bits per heavy atom. The van der Waals surface area contributed by atoms with Gasteiger partial charge in [0.25, 0.3) is 11.1 Å². The Balaban J connectivity index is 1.90. The van der Waals surface area contributed by atoms with Gasteiger partial charge in [-0.1, -0.05) is 22.0 Å². The van der Waals surface area contributed by atoms with Gasteiger partial charge in [0.2, 0.25) is 10.0 Å². The number of hydrogen-bond donors (Lipinski definition) is 2. The van der Waals surface area contributed by atoms with Crippen molar-refractivity contribution in [1.82, 2.24) is 13.7 Å². The lowest BCUT2D eigenvalue weighted by atomic mass is 10.1. The summed E-state index contributed by atoms with van der Waals surface area (Å²) in [5.74, 6) is -0.608. The number of hydrogen-bond acceptors (Lipinski definition) is 6. The molecule has 1 aliphatic rings.